The van der Waals surface area contributed by atoms with Gasteiger partial charge in [-0.3, -0.25) is 9.69 Å². The first kappa shape index (κ1) is 22.6. The molecule has 37 heavy (non-hydrogen) atoms. The molecule has 2 spiro atoms. The number of hydrogen-bond acceptors (Lipinski definition) is 5. The van der Waals surface area contributed by atoms with Crippen LogP contribution in [0.15, 0.2) is 42.5 Å². The first-order valence-electron chi connectivity index (χ1n) is 14.3. The van der Waals surface area contributed by atoms with Crippen molar-refractivity contribution < 1.29 is 19.0 Å². The van der Waals surface area contributed by atoms with Crippen LogP contribution in [0.5, 0.6) is 11.5 Å². The molecule has 0 radical (unpaired) electrons. The summed E-state index contributed by atoms with van der Waals surface area (Å²) in [5, 5.41) is 0. The van der Waals surface area contributed by atoms with Gasteiger partial charge in [-0.25, -0.2) is 0 Å². The molecule has 2 aromatic rings. The van der Waals surface area contributed by atoms with Crippen LogP contribution in [0.1, 0.15) is 55.2 Å². The number of benzene rings is 2. The second-order valence-corrected chi connectivity index (χ2v) is 12.7. The standard InChI is InChI=1S/C32H37NO4/c1-35-25-11-10-22-17-26-30-12-13-32(36-2,23(18-30)24(34)16-20-6-4-3-5-7-20)29-31(30,27(22)28(25)37-29)14-15-33(26)19-21-8-9-21/h3-7,10-11,21,23,26,29H,8-9,12-19H2,1-2H3/t23-,26-,29-,30-,31+,32-/m1/s1. The SMILES string of the molecule is COc1ccc2c3c1O[C@H]1[C@@]4(OC)CC[C@@]5(C[C@@H]4C(=O)Cc4ccccc4)[C@@H](C2)N(CC2CC2)CC[C@]315. The third-order valence-electron chi connectivity index (χ3n) is 11.5. The van der Waals surface area contributed by atoms with Crippen LogP contribution in [0.25, 0.3) is 0 Å². The van der Waals surface area contributed by atoms with E-state index < -0.39 is 5.60 Å². The third-order valence-corrected chi connectivity index (χ3v) is 11.5. The highest BCUT2D eigenvalue weighted by atomic mass is 16.6. The maximum Gasteiger partial charge on any atom is 0.165 e. The number of likely N-dealkylation sites (tertiary alicyclic amines) is 1. The van der Waals surface area contributed by atoms with Crippen molar-refractivity contribution in [3.05, 3.63) is 59.2 Å². The smallest absolute Gasteiger partial charge is 0.165 e. The van der Waals surface area contributed by atoms with Crippen LogP contribution in [0, 0.1) is 17.3 Å². The zero-order chi connectivity index (χ0) is 25.0. The molecule has 5 heteroatoms. The van der Waals surface area contributed by atoms with Gasteiger partial charge in [0.25, 0.3) is 0 Å². The number of nitrogens with zero attached hydrogens (tertiary/aromatic N) is 1. The Morgan fingerprint density at radius 1 is 1.08 bits per heavy atom. The molecule has 5 fully saturated rings. The third kappa shape index (κ3) is 2.70. The lowest BCUT2D eigenvalue weighted by molar-refractivity contribution is -0.272. The van der Waals surface area contributed by atoms with Crippen LogP contribution < -0.4 is 9.47 Å². The molecule has 6 atom stereocenters. The van der Waals surface area contributed by atoms with Crippen molar-refractivity contribution in [2.24, 2.45) is 17.3 Å². The zero-order valence-corrected chi connectivity index (χ0v) is 22.0. The molecule has 0 unspecified atom stereocenters. The molecule has 0 aromatic heterocycles. The van der Waals surface area contributed by atoms with Crippen LogP contribution in [-0.4, -0.2) is 55.7 Å². The molecule has 194 valence electrons. The minimum atomic E-state index is -0.602. The van der Waals surface area contributed by atoms with E-state index in [1.807, 2.05) is 25.3 Å². The molecule has 5 nitrogen and oxygen atoms in total. The fraction of sp³-hybridized carbons (Fsp3) is 0.594. The quantitative estimate of drug-likeness (QED) is 0.551. The molecule has 7 aliphatic rings. The molecule has 0 N–H and O–H groups in total. The van der Waals surface area contributed by atoms with Gasteiger partial charge >= 0.3 is 0 Å². The summed E-state index contributed by atoms with van der Waals surface area (Å²) in [5.74, 6) is 2.77. The Morgan fingerprint density at radius 2 is 1.92 bits per heavy atom. The average Bonchev–Trinajstić information content (AvgIpc) is 3.67. The van der Waals surface area contributed by atoms with Crippen molar-refractivity contribution in [3.63, 3.8) is 0 Å². The van der Waals surface area contributed by atoms with Gasteiger partial charge in [-0.2, -0.15) is 0 Å². The van der Waals surface area contributed by atoms with Crippen molar-refractivity contribution in [2.75, 3.05) is 27.3 Å². The fourth-order valence-corrected chi connectivity index (χ4v) is 9.84. The summed E-state index contributed by atoms with van der Waals surface area (Å²) in [6.07, 6.45) is 8.10. The van der Waals surface area contributed by atoms with Gasteiger partial charge in [0.05, 0.1) is 13.0 Å². The maximum absolute atomic E-state index is 14.2. The van der Waals surface area contributed by atoms with Gasteiger partial charge in [0.1, 0.15) is 17.5 Å². The number of hydrogen-bond donors (Lipinski definition) is 0. The number of carbonyl (C=O) groups excluding carboxylic acids is 1. The van der Waals surface area contributed by atoms with Crippen molar-refractivity contribution in [1.29, 1.82) is 0 Å². The minimum Gasteiger partial charge on any atom is -0.493 e. The first-order chi connectivity index (χ1) is 18.1. The highest BCUT2D eigenvalue weighted by Crippen LogP contribution is 2.76. The van der Waals surface area contributed by atoms with Gasteiger partial charge in [-0.05, 0) is 74.6 Å². The topological polar surface area (TPSA) is 48.0 Å². The van der Waals surface area contributed by atoms with Crippen LogP contribution in [0.2, 0.25) is 0 Å². The average molecular weight is 500 g/mol. The second-order valence-electron chi connectivity index (χ2n) is 12.7. The summed E-state index contributed by atoms with van der Waals surface area (Å²) >= 11 is 0. The van der Waals surface area contributed by atoms with E-state index in [9.17, 15) is 4.79 Å². The molecule has 2 aromatic carbocycles. The summed E-state index contributed by atoms with van der Waals surface area (Å²) in [4.78, 5) is 17.0. The van der Waals surface area contributed by atoms with E-state index >= 15 is 0 Å². The van der Waals surface area contributed by atoms with Crippen molar-refractivity contribution in [1.82, 2.24) is 4.90 Å². The molecule has 0 amide bonds. The Balaban J connectivity index is 1.30. The van der Waals surface area contributed by atoms with Crippen LogP contribution in [0.4, 0.5) is 0 Å². The highest BCUT2D eigenvalue weighted by molar-refractivity contribution is 5.86. The Kier molecular flexibility index (Phi) is 4.64. The van der Waals surface area contributed by atoms with Crippen LogP contribution >= 0.6 is 0 Å². The number of piperidine rings is 1. The van der Waals surface area contributed by atoms with Gasteiger partial charge < -0.3 is 14.2 Å². The van der Waals surface area contributed by atoms with E-state index in [2.05, 4.69) is 29.2 Å². The normalized spacial score (nSPS) is 38.7. The molecule has 5 aliphatic carbocycles. The molecule has 2 aliphatic heterocycles. The van der Waals surface area contributed by atoms with Crippen LogP contribution in [0.3, 0.4) is 0 Å². The lowest BCUT2D eigenvalue weighted by Crippen LogP contribution is -2.81. The van der Waals surface area contributed by atoms with E-state index in [1.54, 1.807) is 7.11 Å². The van der Waals surface area contributed by atoms with Crippen molar-refractivity contribution in [3.8, 4) is 11.5 Å². The lowest BCUT2D eigenvalue weighted by atomic mass is 9.34. The predicted molar refractivity (Wildman–Crippen MR) is 140 cm³/mol. The van der Waals surface area contributed by atoms with Gasteiger partial charge in [-0.15, -0.1) is 0 Å². The van der Waals surface area contributed by atoms with E-state index in [0.29, 0.717) is 18.2 Å². The summed E-state index contributed by atoms with van der Waals surface area (Å²) < 4.78 is 19.5. The van der Waals surface area contributed by atoms with Gasteiger partial charge in [0, 0.05) is 42.5 Å². The molecule has 2 heterocycles. The molecular weight excluding hydrogens is 462 g/mol. The lowest BCUT2D eigenvalue weighted by Gasteiger charge is -2.73. The Morgan fingerprint density at radius 3 is 2.68 bits per heavy atom. The summed E-state index contributed by atoms with van der Waals surface area (Å²) in [7, 11) is 3.57. The van der Waals surface area contributed by atoms with Crippen LogP contribution in [-0.2, 0) is 27.8 Å². The number of methoxy groups -OCH3 is 2. The Hall–Kier alpha value is -2.37. The Bertz CT molecular complexity index is 1270. The van der Waals surface area contributed by atoms with Crippen molar-refractivity contribution >= 4 is 5.78 Å². The number of ether oxygens (including phenoxy) is 3. The second kappa shape index (κ2) is 7.60. The monoisotopic (exact) mass is 499 g/mol. The number of fused-ring (bicyclic) bond motifs is 2. The number of carbonyl (C=O) groups is 1. The predicted octanol–water partition coefficient (Wildman–Crippen LogP) is 4.73. The summed E-state index contributed by atoms with van der Waals surface area (Å²) in [6.45, 7) is 2.33. The van der Waals surface area contributed by atoms with Gasteiger partial charge in [0.2, 0.25) is 0 Å². The van der Waals surface area contributed by atoms with Gasteiger partial charge in [-0.1, -0.05) is 36.4 Å². The zero-order valence-electron chi connectivity index (χ0n) is 22.0. The first-order valence-corrected chi connectivity index (χ1v) is 14.3. The van der Waals surface area contributed by atoms with Gasteiger partial charge in [0.15, 0.2) is 11.5 Å². The maximum atomic E-state index is 14.2. The summed E-state index contributed by atoms with van der Waals surface area (Å²) in [6, 6.07) is 15.1. The number of ketones is 1. The van der Waals surface area contributed by atoms with E-state index in [-0.39, 0.29) is 22.9 Å². The van der Waals surface area contributed by atoms with E-state index in [4.69, 9.17) is 14.2 Å². The molecular formula is C32H37NO4. The van der Waals surface area contributed by atoms with E-state index in [0.717, 1.165) is 61.6 Å². The molecule has 4 saturated carbocycles. The fourth-order valence-electron chi connectivity index (χ4n) is 9.84. The molecule has 4 bridgehead atoms. The molecule has 1 saturated heterocycles. The molecule has 9 rings (SSSR count). The van der Waals surface area contributed by atoms with E-state index in [1.165, 1.54) is 30.5 Å². The number of Topliss-reactive ketones (excluding diaryl/α,β-unsaturated/α-hetero) is 1. The van der Waals surface area contributed by atoms with Crippen molar-refractivity contribution in [2.45, 2.75) is 74.5 Å². The largest absolute Gasteiger partial charge is 0.493 e. The Labute approximate surface area is 219 Å². The number of rotatable bonds is 7. The highest BCUT2D eigenvalue weighted by Gasteiger charge is 2.81. The minimum absolute atomic E-state index is 0.0344. The summed E-state index contributed by atoms with van der Waals surface area (Å²) in [5.41, 5.74) is 3.25.